The summed E-state index contributed by atoms with van der Waals surface area (Å²) in [7, 11) is 2.12. The second-order valence-electron chi connectivity index (χ2n) is 16.0. The molecular formula is C55H49N3S. The maximum Gasteiger partial charge on any atom is 0.0491 e. The van der Waals surface area contributed by atoms with Gasteiger partial charge in [-0.3, -0.25) is 0 Å². The Morgan fingerprint density at radius 3 is 1.12 bits per heavy atom. The van der Waals surface area contributed by atoms with Gasteiger partial charge in [-0.25, -0.2) is 0 Å². The number of thiophene rings is 1. The number of hydrogen-bond acceptors (Lipinski definition) is 4. The van der Waals surface area contributed by atoms with Crippen molar-refractivity contribution in [2.45, 2.75) is 41.5 Å². The van der Waals surface area contributed by atoms with E-state index in [-0.39, 0.29) is 0 Å². The normalized spacial score (nSPS) is 11.3. The molecule has 0 amide bonds. The van der Waals surface area contributed by atoms with Crippen molar-refractivity contribution in [1.29, 1.82) is 0 Å². The molecule has 0 saturated carbocycles. The molecule has 1 aromatic heterocycles. The summed E-state index contributed by atoms with van der Waals surface area (Å²) in [4.78, 5) is 7.05. The van der Waals surface area contributed by atoms with Crippen LogP contribution in [0.25, 0.3) is 31.3 Å². The molecule has 9 rings (SSSR count). The van der Waals surface area contributed by atoms with Gasteiger partial charge in [-0.15, -0.1) is 11.3 Å². The SMILES string of the molecule is Cc1ccc(N(C)c2ccc(-c3ccc(N(c4ccc(C)cc4)c4ccc5sc6ccc(N(c7ccc(C)cc7C)c7ccc(C)cc7C)cc6c5c4)cc3)cc2)cc1. The lowest BCUT2D eigenvalue weighted by molar-refractivity contribution is 1.20. The number of hydrogen-bond donors (Lipinski definition) is 0. The van der Waals surface area contributed by atoms with Crippen LogP contribution in [0, 0.1) is 41.5 Å². The molecule has 0 spiro atoms. The van der Waals surface area contributed by atoms with E-state index in [1.807, 2.05) is 11.3 Å². The molecule has 0 unspecified atom stereocenters. The molecule has 290 valence electrons. The zero-order chi connectivity index (χ0) is 40.8. The van der Waals surface area contributed by atoms with E-state index in [1.54, 1.807) is 0 Å². The van der Waals surface area contributed by atoms with Crippen LogP contribution in [-0.4, -0.2) is 7.05 Å². The maximum atomic E-state index is 2.44. The van der Waals surface area contributed by atoms with E-state index in [2.05, 4.69) is 233 Å². The van der Waals surface area contributed by atoms with Gasteiger partial charge in [0.2, 0.25) is 0 Å². The summed E-state index contributed by atoms with van der Waals surface area (Å²) in [6.45, 7) is 13.0. The van der Waals surface area contributed by atoms with Gasteiger partial charge in [0.25, 0.3) is 0 Å². The van der Waals surface area contributed by atoms with Crippen molar-refractivity contribution in [3.05, 3.63) is 203 Å². The number of rotatable bonds is 9. The van der Waals surface area contributed by atoms with Crippen LogP contribution < -0.4 is 14.7 Å². The topological polar surface area (TPSA) is 9.72 Å². The molecule has 9 aromatic rings. The largest absolute Gasteiger partial charge is 0.345 e. The molecule has 0 N–H and O–H groups in total. The number of fused-ring (bicyclic) bond motifs is 3. The smallest absolute Gasteiger partial charge is 0.0491 e. The molecule has 0 aliphatic carbocycles. The van der Waals surface area contributed by atoms with E-state index in [9.17, 15) is 0 Å². The molecule has 0 atom stereocenters. The average Bonchev–Trinajstić information content (AvgIpc) is 3.61. The van der Waals surface area contributed by atoms with Crippen LogP contribution in [0.5, 0.6) is 0 Å². The van der Waals surface area contributed by atoms with Crippen LogP contribution in [0.15, 0.2) is 170 Å². The number of nitrogens with zero attached hydrogens (tertiary/aromatic N) is 3. The van der Waals surface area contributed by atoms with Crippen LogP contribution in [0.3, 0.4) is 0 Å². The Kier molecular flexibility index (Phi) is 10.0. The summed E-state index contributed by atoms with van der Waals surface area (Å²) in [6, 6.07) is 62.8. The number of aryl methyl sites for hydroxylation is 6. The highest BCUT2D eigenvalue weighted by atomic mass is 32.1. The van der Waals surface area contributed by atoms with Crippen LogP contribution >= 0.6 is 11.3 Å². The van der Waals surface area contributed by atoms with Gasteiger partial charge >= 0.3 is 0 Å². The molecule has 0 fully saturated rings. The maximum absolute atomic E-state index is 2.44. The Morgan fingerprint density at radius 1 is 0.322 bits per heavy atom. The van der Waals surface area contributed by atoms with E-state index < -0.39 is 0 Å². The first kappa shape index (κ1) is 37.9. The lowest BCUT2D eigenvalue weighted by Gasteiger charge is -2.29. The second kappa shape index (κ2) is 15.6. The Morgan fingerprint density at radius 2 is 0.678 bits per heavy atom. The van der Waals surface area contributed by atoms with Crippen molar-refractivity contribution in [2.75, 3.05) is 21.7 Å². The summed E-state index contributed by atoms with van der Waals surface area (Å²) in [5.41, 5.74) is 19.2. The molecule has 0 radical (unpaired) electrons. The van der Waals surface area contributed by atoms with Crippen molar-refractivity contribution in [2.24, 2.45) is 0 Å². The van der Waals surface area contributed by atoms with Gasteiger partial charge in [-0.05, 0) is 161 Å². The lowest BCUT2D eigenvalue weighted by atomic mass is 10.0. The van der Waals surface area contributed by atoms with Gasteiger partial charge in [-0.2, -0.15) is 0 Å². The fraction of sp³-hybridized carbons (Fsp3) is 0.127. The molecule has 0 bridgehead atoms. The first-order valence-electron chi connectivity index (χ1n) is 20.4. The van der Waals surface area contributed by atoms with Crippen molar-refractivity contribution in [3.8, 4) is 11.1 Å². The van der Waals surface area contributed by atoms with Crippen LogP contribution in [0.2, 0.25) is 0 Å². The minimum atomic E-state index is 1.11. The molecule has 59 heavy (non-hydrogen) atoms. The van der Waals surface area contributed by atoms with E-state index in [1.165, 1.54) is 81.7 Å². The van der Waals surface area contributed by atoms with Gasteiger partial charge in [0.1, 0.15) is 0 Å². The first-order chi connectivity index (χ1) is 28.6. The molecular weight excluding hydrogens is 735 g/mol. The highest BCUT2D eigenvalue weighted by Crippen LogP contribution is 2.45. The molecule has 1 heterocycles. The fourth-order valence-corrected chi connectivity index (χ4v) is 9.36. The van der Waals surface area contributed by atoms with Crippen molar-refractivity contribution < 1.29 is 0 Å². The Bertz CT molecular complexity index is 2890. The first-order valence-corrected chi connectivity index (χ1v) is 21.2. The summed E-state index contributed by atoms with van der Waals surface area (Å²) >= 11 is 1.86. The van der Waals surface area contributed by atoms with Crippen molar-refractivity contribution >= 4 is 77.0 Å². The zero-order valence-corrected chi connectivity index (χ0v) is 35.7. The van der Waals surface area contributed by atoms with Crippen LogP contribution in [0.1, 0.15) is 33.4 Å². The Hall–Kier alpha value is -6.62. The minimum Gasteiger partial charge on any atom is -0.345 e. The molecule has 0 aliphatic rings. The second-order valence-corrected chi connectivity index (χ2v) is 17.1. The van der Waals surface area contributed by atoms with Gasteiger partial charge in [-0.1, -0.05) is 95.1 Å². The van der Waals surface area contributed by atoms with Gasteiger partial charge in [0, 0.05) is 72.7 Å². The van der Waals surface area contributed by atoms with Gasteiger partial charge in [0.05, 0.1) is 0 Å². The monoisotopic (exact) mass is 783 g/mol. The third-order valence-corrected chi connectivity index (χ3v) is 12.7. The summed E-state index contributed by atoms with van der Waals surface area (Å²) in [5, 5.41) is 2.52. The van der Waals surface area contributed by atoms with E-state index in [0.717, 1.165) is 28.4 Å². The molecule has 0 aliphatic heterocycles. The predicted octanol–water partition coefficient (Wildman–Crippen LogP) is 16.3. The number of anilines is 8. The highest BCUT2D eigenvalue weighted by molar-refractivity contribution is 7.25. The molecule has 4 heteroatoms. The summed E-state index contributed by atoms with van der Waals surface area (Å²) in [6.07, 6.45) is 0. The molecule has 8 aromatic carbocycles. The highest BCUT2D eigenvalue weighted by Gasteiger charge is 2.20. The lowest BCUT2D eigenvalue weighted by Crippen LogP contribution is -2.12. The summed E-state index contributed by atoms with van der Waals surface area (Å²) in [5.74, 6) is 0. The van der Waals surface area contributed by atoms with E-state index in [4.69, 9.17) is 0 Å². The Labute approximate surface area is 353 Å². The average molecular weight is 784 g/mol. The predicted molar refractivity (Wildman–Crippen MR) is 257 cm³/mol. The van der Waals surface area contributed by atoms with Gasteiger partial charge < -0.3 is 14.7 Å². The summed E-state index contributed by atoms with van der Waals surface area (Å²) < 4.78 is 2.56. The van der Waals surface area contributed by atoms with E-state index in [0.29, 0.717) is 0 Å². The Balaban J connectivity index is 1.10. The zero-order valence-electron chi connectivity index (χ0n) is 34.9. The third-order valence-electron chi connectivity index (χ3n) is 11.6. The third kappa shape index (κ3) is 7.48. The standard InChI is InChI=1S/C55H49N3S/c1-36-8-18-44(19-9-36)56(7)45-22-14-42(15-23-45)43-16-24-47(25-17-43)57(46-20-10-37(2)11-21-46)48-26-30-54-50(34-48)51-35-49(27-31-55(51)59-54)58(52-28-12-38(3)32-40(52)5)53-29-13-39(4)33-41(53)6/h8-35H,1-7H3. The van der Waals surface area contributed by atoms with E-state index >= 15 is 0 Å². The fourth-order valence-electron chi connectivity index (χ4n) is 8.29. The van der Waals surface area contributed by atoms with Crippen molar-refractivity contribution in [3.63, 3.8) is 0 Å². The minimum absolute atomic E-state index is 1.11. The number of benzene rings is 8. The quantitative estimate of drug-likeness (QED) is 0.144. The molecule has 3 nitrogen and oxygen atoms in total. The molecule has 0 saturated heterocycles. The van der Waals surface area contributed by atoms with Crippen molar-refractivity contribution in [1.82, 2.24) is 0 Å². The van der Waals surface area contributed by atoms with Gasteiger partial charge in [0.15, 0.2) is 0 Å². The van der Waals surface area contributed by atoms with Crippen LogP contribution in [-0.2, 0) is 0 Å². The van der Waals surface area contributed by atoms with Crippen LogP contribution in [0.4, 0.5) is 45.5 Å².